The van der Waals surface area contributed by atoms with Gasteiger partial charge < -0.3 is 9.64 Å². The first-order chi connectivity index (χ1) is 12.2. The number of para-hydroxylation sites is 1. The zero-order valence-corrected chi connectivity index (χ0v) is 14.4. The van der Waals surface area contributed by atoms with Crippen molar-refractivity contribution in [2.75, 3.05) is 19.7 Å². The number of carbonyl (C=O) groups is 2. The molecule has 1 unspecified atom stereocenters. The molecule has 1 amide bonds. The topological polar surface area (TPSA) is 59.5 Å². The van der Waals surface area contributed by atoms with Gasteiger partial charge in [-0.2, -0.15) is 0 Å². The molecule has 0 N–H and O–H groups in total. The Hall–Kier alpha value is -2.69. The summed E-state index contributed by atoms with van der Waals surface area (Å²) in [7, 11) is 0. The molecule has 5 nitrogen and oxygen atoms in total. The summed E-state index contributed by atoms with van der Waals surface area (Å²) in [5.74, 6) is -0.505. The average Bonchev–Trinajstić information content (AvgIpc) is 2.66. The maximum absolute atomic E-state index is 12.5. The van der Waals surface area contributed by atoms with E-state index in [1.165, 1.54) is 0 Å². The summed E-state index contributed by atoms with van der Waals surface area (Å²) >= 11 is 0. The number of pyridine rings is 1. The molecule has 1 atom stereocenters. The summed E-state index contributed by atoms with van der Waals surface area (Å²) in [5, 5.41) is 1.04. The van der Waals surface area contributed by atoms with Crippen molar-refractivity contribution in [3.8, 4) is 0 Å². The number of ether oxygens (including phenoxy) is 1. The molecule has 0 saturated carbocycles. The fourth-order valence-corrected chi connectivity index (χ4v) is 3.16. The number of carbonyl (C=O) groups excluding carboxylic acids is 2. The first kappa shape index (κ1) is 17.1. The summed E-state index contributed by atoms with van der Waals surface area (Å²) in [6.45, 7) is 3.27. The number of esters is 1. The maximum atomic E-state index is 12.5. The predicted molar refractivity (Wildman–Crippen MR) is 96.7 cm³/mol. The first-order valence-corrected chi connectivity index (χ1v) is 8.66. The lowest BCUT2D eigenvalue weighted by Crippen LogP contribution is -2.42. The molecule has 3 rings (SSSR count). The minimum Gasteiger partial charge on any atom is -0.466 e. The van der Waals surface area contributed by atoms with Crippen LogP contribution in [-0.4, -0.2) is 41.5 Å². The Morgan fingerprint density at radius 3 is 3.00 bits per heavy atom. The summed E-state index contributed by atoms with van der Waals surface area (Å²) in [6, 6.07) is 9.78. The zero-order valence-electron chi connectivity index (χ0n) is 14.4. The second-order valence-corrected chi connectivity index (χ2v) is 6.13. The minimum absolute atomic E-state index is 0.0815. The highest BCUT2D eigenvalue weighted by Crippen LogP contribution is 2.20. The second-order valence-electron chi connectivity index (χ2n) is 6.13. The van der Waals surface area contributed by atoms with E-state index in [1.807, 2.05) is 30.3 Å². The molecule has 1 aromatic carbocycles. The van der Waals surface area contributed by atoms with Crippen molar-refractivity contribution in [1.82, 2.24) is 9.88 Å². The number of hydrogen-bond donors (Lipinski definition) is 0. The average molecular weight is 338 g/mol. The molecular weight excluding hydrogens is 316 g/mol. The predicted octanol–water partition coefficient (Wildman–Crippen LogP) is 3.05. The third-order valence-electron chi connectivity index (χ3n) is 4.42. The highest BCUT2D eigenvalue weighted by molar-refractivity contribution is 5.95. The van der Waals surface area contributed by atoms with E-state index in [0.29, 0.717) is 19.7 Å². The van der Waals surface area contributed by atoms with Crippen molar-refractivity contribution in [1.29, 1.82) is 0 Å². The molecular formula is C20H22N2O3. The standard InChI is InChI=1S/C20H22N2O3/c1-2-25-20(24)17-9-5-13-22(14-17)18(23)11-10-16-7-3-6-15-8-4-12-21-19(15)16/h3-4,6-8,10-12,17H,2,5,9,13-14H2,1H3/b11-10+. The number of benzene rings is 1. The van der Waals surface area contributed by atoms with Crippen molar-refractivity contribution in [2.45, 2.75) is 19.8 Å². The number of rotatable bonds is 4. The van der Waals surface area contributed by atoms with Gasteiger partial charge in [0.25, 0.3) is 0 Å². The van der Waals surface area contributed by atoms with Crippen molar-refractivity contribution < 1.29 is 14.3 Å². The first-order valence-electron chi connectivity index (χ1n) is 8.66. The van der Waals surface area contributed by atoms with Crippen molar-refractivity contribution >= 4 is 28.9 Å². The van der Waals surface area contributed by atoms with Crippen LogP contribution in [0.5, 0.6) is 0 Å². The van der Waals surface area contributed by atoms with Crippen LogP contribution in [0, 0.1) is 5.92 Å². The molecule has 0 aliphatic carbocycles. The lowest BCUT2D eigenvalue weighted by molar-refractivity contribution is -0.150. The number of nitrogens with zero attached hydrogens (tertiary/aromatic N) is 2. The molecule has 1 aliphatic rings. The summed E-state index contributed by atoms with van der Waals surface area (Å²) < 4.78 is 5.08. The maximum Gasteiger partial charge on any atom is 0.310 e. The van der Waals surface area contributed by atoms with E-state index in [2.05, 4.69) is 4.98 Å². The summed E-state index contributed by atoms with van der Waals surface area (Å²) in [4.78, 5) is 30.5. The monoisotopic (exact) mass is 338 g/mol. The van der Waals surface area contributed by atoms with E-state index in [-0.39, 0.29) is 17.8 Å². The van der Waals surface area contributed by atoms with E-state index in [4.69, 9.17) is 4.74 Å². The summed E-state index contributed by atoms with van der Waals surface area (Å²) in [5.41, 5.74) is 1.78. The van der Waals surface area contributed by atoms with Gasteiger partial charge in [-0.15, -0.1) is 0 Å². The molecule has 5 heteroatoms. The second kappa shape index (κ2) is 7.92. The number of fused-ring (bicyclic) bond motifs is 1. The molecule has 0 spiro atoms. The Morgan fingerprint density at radius 2 is 2.16 bits per heavy atom. The Balaban J connectivity index is 1.70. The highest BCUT2D eigenvalue weighted by atomic mass is 16.5. The fraction of sp³-hybridized carbons (Fsp3) is 0.350. The Kier molecular flexibility index (Phi) is 5.43. The zero-order chi connectivity index (χ0) is 17.6. The van der Waals surface area contributed by atoms with Crippen LogP contribution in [0.1, 0.15) is 25.3 Å². The molecule has 2 heterocycles. The lowest BCUT2D eigenvalue weighted by Gasteiger charge is -2.30. The largest absolute Gasteiger partial charge is 0.466 e. The number of aromatic nitrogens is 1. The SMILES string of the molecule is CCOC(=O)C1CCCN(C(=O)/C=C/c2cccc3cccnc23)C1. The van der Waals surface area contributed by atoms with Gasteiger partial charge in [0.1, 0.15) is 0 Å². The van der Waals surface area contributed by atoms with Crippen LogP contribution in [0.3, 0.4) is 0 Å². The molecule has 1 aromatic heterocycles. The Labute approximate surface area is 147 Å². The van der Waals surface area contributed by atoms with Gasteiger partial charge in [-0.1, -0.05) is 24.3 Å². The normalized spacial score (nSPS) is 17.8. The van der Waals surface area contributed by atoms with Crippen LogP contribution in [0.15, 0.2) is 42.6 Å². The molecule has 0 radical (unpaired) electrons. The van der Waals surface area contributed by atoms with Gasteiger partial charge in [0.05, 0.1) is 18.0 Å². The molecule has 0 bridgehead atoms. The van der Waals surface area contributed by atoms with Gasteiger partial charge in [-0.3, -0.25) is 14.6 Å². The Bertz CT molecular complexity index is 795. The number of piperidine rings is 1. The van der Waals surface area contributed by atoms with Gasteiger partial charge in [-0.25, -0.2) is 0 Å². The van der Waals surface area contributed by atoms with E-state index >= 15 is 0 Å². The number of likely N-dealkylation sites (tertiary alicyclic amines) is 1. The van der Waals surface area contributed by atoms with Crippen molar-refractivity contribution in [2.24, 2.45) is 5.92 Å². The van der Waals surface area contributed by atoms with E-state index in [9.17, 15) is 9.59 Å². The van der Waals surface area contributed by atoms with Crippen molar-refractivity contribution in [3.05, 3.63) is 48.2 Å². The quantitative estimate of drug-likeness (QED) is 0.635. The third kappa shape index (κ3) is 4.05. The molecule has 2 aromatic rings. The smallest absolute Gasteiger partial charge is 0.310 e. The number of amides is 1. The van der Waals surface area contributed by atoms with E-state index in [0.717, 1.165) is 29.3 Å². The van der Waals surface area contributed by atoms with Gasteiger partial charge in [0, 0.05) is 36.3 Å². The van der Waals surface area contributed by atoms with Gasteiger partial charge in [-0.05, 0) is 31.9 Å². The minimum atomic E-state index is -0.217. The van der Waals surface area contributed by atoms with E-state index in [1.54, 1.807) is 30.2 Å². The van der Waals surface area contributed by atoms with Crippen LogP contribution in [0.2, 0.25) is 0 Å². The van der Waals surface area contributed by atoms with Crippen LogP contribution in [0.4, 0.5) is 0 Å². The van der Waals surface area contributed by atoms with Crippen molar-refractivity contribution in [3.63, 3.8) is 0 Å². The third-order valence-corrected chi connectivity index (χ3v) is 4.42. The summed E-state index contributed by atoms with van der Waals surface area (Å²) in [6.07, 6.45) is 6.71. The van der Waals surface area contributed by atoms with Crippen LogP contribution in [0.25, 0.3) is 17.0 Å². The van der Waals surface area contributed by atoms with E-state index < -0.39 is 0 Å². The fourth-order valence-electron chi connectivity index (χ4n) is 3.16. The molecule has 1 saturated heterocycles. The van der Waals surface area contributed by atoms with Gasteiger partial charge in [0.15, 0.2) is 0 Å². The molecule has 130 valence electrons. The van der Waals surface area contributed by atoms with Crippen LogP contribution < -0.4 is 0 Å². The lowest BCUT2D eigenvalue weighted by atomic mass is 9.98. The van der Waals surface area contributed by atoms with Crippen LogP contribution >= 0.6 is 0 Å². The Morgan fingerprint density at radius 1 is 1.32 bits per heavy atom. The molecule has 1 fully saturated rings. The van der Waals surface area contributed by atoms with Crippen LogP contribution in [-0.2, 0) is 14.3 Å². The highest BCUT2D eigenvalue weighted by Gasteiger charge is 2.28. The molecule has 25 heavy (non-hydrogen) atoms. The molecule has 1 aliphatic heterocycles. The van der Waals surface area contributed by atoms with Gasteiger partial charge >= 0.3 is 5.97 Å². The number of hydrogen-bond acceptors (Lipinski definition) is 4. The van der Waals surface area contributed by atoms with Gasteiger partial charge in [0.2, 0.25) is 5.91 Å².